The van der Waals surface area contributed by atoms with Gasteiger partial charge in [0, 0.05) is 13.2 Å². The lowest BCUT2D eigenvalue weighted by Crippen LogP contribution is -2.27. The smallest absolute Gasteiger partial charge is 0.0733 e. The molecule has 0 bridgehead atoms. The molecule has 0 saturated carbocycles. The lowest BCUT2D eigenvalue weighted by molar-refractivity contribution is -0.369. The van der Waals surface area contributed by atoms with Crippen LogP contribution in [0.25, 0.3) is 0 Å². The van der Waals surface area contributed by atoms with E-state index in [1.54, 1.807) is 0 Å². The molecule has 0 aliphatic carbocycles. The largest absolute Gasteiger partial charge is 0.396 e. The van der Waals surface area contributed by atoms with Crippen LogP contribution in [0.2, 0.25) is 0 Å². The topological polar surface area (TPSA) is 62.2 Å². The third kappa shape index (κ3) is 14.2. The van der Waals surface area contributed by atoms with Crippen molar-refractivity contribution in [3.8, 4) is 0 Å². The summed E-state index contributed by atoms with van der Waals surface area (Å²) >= 11 is 0. The predicted octanol–water partition coefficient (Wildman–Crippen LogP) is 2.67. The number of unbranched alkanes of at least 4 members (excludes halogenated alkanes) is 6. The van der Waals surface area contributed by atoms with Crippen LogP contribution in [0.5, 0.6) is 0 Å². The van der Waals surface area contributed by atoms with Gasteiger partial charge in [-0.15, -0.1) is 0 Å². The molecule has 0 atom stereocenters. The Balaban J connectivity index is 3.56. The molecule has 2 N–H and O–H groups in total. The first-order valence-electron chi connectivity index (χ1n) is 8.10. The van der Waals surface area contributed by atoms with Gasteiger partial charge in [-0.05, 0) is 19.3 Å². The van der Waals surface area contributed by atoms with Gasteiger partial charge in [0.05, 0.1) is 19.8 Å². The van der Waals surface area contributed by atoms with Gasteiger partial charge in [0.25, 0.3) is 0 Å². The van der Waals surface area contributed by atoms with E-state index in [0.717, 1.165) is 13.0 Å². The molecule has 0 spiro atoms. The lowest BCUT2D eigenvalue weighted by atomic mass is 10.1. The molecule has 0 rings (SSSR count). The number of rotatable bonds is 16. The van der Waals surface area contributed by atoms with Crippen molar-refractivity contribution in [2.45, 2.75) is 64.7 Å². The molecule has 0 heterocycles. The van der Waals surface area contributed by atoms with Gasteiger partial charge >= 0.3 is 0 Å². The molecule has 5 nitrogen and oxygen atoms in total. The summed E-state index contributed by atoms with van der Waals surface area (Å²) in [4.78, 5) is 10.9. The van der Waals surface area contributed by atoms with Crippen LogP contribution in [0, 0.1) is 0 Å². The molecule has 0 saturated heterocycles. The van der Waals surface area contributed by atoms with E-state index in [1.807, 2.05) is 0 Å². The molecule has 0 aromatic rings. The fourth-order valence-electron chi connectivity index (χ4n) is 1.83. The first kappa shape index (κ1) is 19.8. The number of hydrogen-bond acceptors (Lipinski definition) is 5. The van der Waals surface area contributed by atoms with E-state index in [0.29, 0.717) is 26.1 Å². The van der Waals surface area contributed by atoms with Crippen molar-refractivity contribution < 1.29 is 19.9 Å². The van der Waals surface area contributed by atoms with Gasteiger partial charge < -0.3 is 10.2 Å². The van der Waals surface area contributed by atoms with Gasteiger partial charge in [0.15, 0.2) is 0 Å². The van der Waals surface area contributed by atoms with Gasteiger partial charge in [-0.3, -0.25) is 9.68 Å². The summed E-state index contributed by atoms with van der Waals surface area (Å²) in [6.45, 7) is 4.15. The Morgan fingerprint density at radius 2 is 1.20 bits per heavy atom. The number of aliphatic hydroxyl groups excluding tert-OH is 2. The maximum absolute atomic E-state index is 8.74. The van der Waals surface area contributed by atoms with E-state index in [2.05, 4.69) is 6.92 Å². The van der Waals surface area contributed by atoms with Crippen LogP contribution < -0.4 is 0 Å². The first-order chi connectivity index (χ1) is 9.85. The average molecular weight is 291 g/mol. The van der Waals surface area contributed by atoms with Crippen molar-refractivity contribution in [3.63, 3.8) is 0 Å². The van der Waals surface area contributed by atoms with Crippen molar-refractivity contribution in [1.82, 2.24) is 5.23 Å². The zero-order valence-electron chi connectivity index (χ0n) is 13.1. The maximum atomic E-state index is 8.74. The zero-order chi connectivity index (χ0) is 14.9. The van der Waals surface area contributed by atoms with Gasteiger partial charge in [-0.2, -0.15) is 0 Å². The van der Waals surface area contributed by atoms with E-state index < -0.39 is 0 Å². The minimum absolute atomic E-state index is 0.127. The molecule has 0 radical (unpaired) electrons. The molecular formula is C15H33NO4. The second-order valence-electron chi connectivity index (χ2n) is 5.00. The maximum Gasteiger partial charge on any atom is 0.0733 e. The fraction of sp³-hybridized carbons (Fsp3) is 1.00. The van der Waals surface area contributed by atoms with Crippen molar-refractivity contribution in [1.29, 1.82) is 0 Å². The molecule has 0 aliphatic rings. The van der Waals surface area contributed by atoms with E-state index in [9.17, 15) is 0 Å². The summed E-state index contributed by atoms with van der Waals surface area (Å²) in [5, 5.41) is 19.0. The first-order valence-corrected chi connectivity index (χ1v) is 8.10. The highest BCUT2D eigenvalue weighted by Crippen LogP contribution is 2.08. The lowest BCUT2D eigenvalue weighted by Gasteiger charge is -2.20. The predicted molar refractivity (Wildman–Crippen MR) is 80.0 cm³/mol. The van der Waals surface area contributed by atoms with Gasteiger partial charge in [0.1, 0.15) is 0 Å². The molecular weight excluding hydrogens is 258 g/mol. The molecule has 0 aromatic heterocycles. The fourth-order valence-corrected chi connectivity index (χ4v) is 1.83. The molecule has 0 amide bonds. The minimum Gasteiger partial charge on any atom is -0.396 e. The van der Waals surface area contributed by atoms with Crippen LogP contribution in [0.15, 0.2) is 0 Å². The van der Waals surface area contributed by atoms with Crippen molar-refractivity contribution in [2.24, 2.45) is 0 Å². The Hall–Kier alpha value is -0.200. The molecule has 122 valence electrons. The monoisotopic (exact) mass is 291 g/mol. The highest BCUT2D eigenvalue weighted by atomic mass is 16.9. The van der Waals surface area contributed by atoms with E-state index in [4.69, 9.17) is 19.9 Å². The van der Waals surface area contributed by atoms with Crippen LogP contribution in [-0.4, -0.2) is 48.4 Å². The SMILES string of the molecule is CCCCCCCCCN(OCCCO)OCCCO. The van der Waals surface area contributed by atoms with Crippen LogP contribution in [0.4, 0.5) is 0 Å². The number of nitrogens with zero attached hydrogens (tertiary/aromatic N) is 1. The Bertz CT molecular complexity index is 171. The van der Waals surface area contributed by atoms with Crippen molar-refractivity contribution in [3.05, 3.63) is 0 Å². The van der Waals surface area contributed by atoms with E-state index in [1.165, 1.54) is 43.8 Å². The normalized spacial score (nSPS) is 11.4. The molecule has 0 aliphatic heterocycles. The summed E-state index contributed by atoms with van der Waals surface area (Å²) in [7, 11) is 0. The second kappa shape index (κ2) is 16.9. The third-order valence-electron chi connectivity index (χ3n) is 3.02. The quantitative estimate of drug-likeness (QED) is 0.338. The Morgan fingerprint density at radius 1 is 0.700 bits per heavy atom. The Kier molecular flexibility index (Phi) is 16.7. The number of hydroxylamine groups is 2. The molecule has 5 heteroatoms. The zero-order valence-corrected chi connectivity index (χ0v) is 13.1. The van der Waals surface area contributed by atoms with Crippen LogP contribution in [0.1, 0.15) is 64.7 Å². The van der Waals surface area contributed by atoms with Gasteiger partial charge in [-0.25, -0.2) is 0 Å². The summed E-state index contributed by atoms with van der Waals surface area (Å²) in [6, 6.07) is 0. The molecule has 20 heavy (non-hydrogen) atoms. The second-order valence-corrected chi connectivity index (χ2v) is 5.00. The van der Waals surface area contributed by atoms with Crippen LogP contribution in [-0.2, 0) is 9.68 Å². The highest BCUT2D eigenvalue weighted by Gasteiger charge is 2.05. The van der Waals surface area contributed by atoms with Crippen molar-refractivity contribution in [2.75, 3.05) is 33.0 Å². The Labute approximate surface area is 123 Å². The molecule has 0 aromatic carbocycles. The summed E-state index contributed by atoms with van der Waals surface area (Å²) in [5.74, 6) is 0. The third-order valence-corrected chi connectivity index (χ3v) is 3.02. The van der Waals surface area contributed by atoms with Gasteiger partial charge in [-0.1, -0.05) is 50.7 Å². The standard InChI is InChI=1S/C15H33NO4/c1-2-3-4-5-6-7-8-11-16(19-14-9-12-17)20-15-10-13-18/h17-18H,2-15H2,1H3. The van der Waals surface area contributed by atoms with Crippen LogP contribution >= 0.6 is 0 Å². The van der Waals surface area contributed by atoms with Gasteiger partial charge in [0.2, 0.25) is 0 Å². The Morgan fingerprint density at radius 3 is 1.70 bits per heavy atom. The molecule has 0 fully saturated rings. The highest BCUT2D eigenvalue weighted by molar-refractivity contribution is 4.46. The molecule has 0 unspecified atom stereocenters. The summed E-state index contributed by atoms with van der Waals surface area (Å²) in [5.41, 5.74) is 0. The van der Waals surface area contributed by atoms with E-state index >= 15 is 0 Å². The number of hydrogen-bond donors (Lipinski definition) is 2. The van der Waals surface area contributed by atoms with Crippen LogP contribution in [0.3, 0.4) is 0 Å². The summed E-state index contributed by atoms with van der Waals surface area (Å²) < 4.78 is 0. The average Bonchev–Trinajstić information content (AvgIpc) is 2.46. The van der Waals surface area contributed by atoms with E-state index in [-0.39, 0.29) is 13.2 Å². The number of aliphatic hydroxyl groups is 2. The minimum atomic E-state index is 0.127. The summed E-state index contributed by atoms with van der Waals surface area (Å²) in [6.07, 6.45) is 9.98. The van der Waals surface area contributed by atoms with Crippen molar-refractivity contribution >= 4 is 0 Å².